The predicted molar refractivity (Wildman–Crippen MR) is 126 cm³/mol. The third-order valence-electron chi connectivity index (χ3n) is 7.31. The van der Waals surface area contributed by atoms with Crippen LogP contribution in [0, 0.1) is 12.8 Å². The Morgan fingerprint density at radius 3 is 2.45 bits per heavy atom. The van der Waals surface area contributed by atoms with E-state index in [4.69, 9.17) is 0 Å². The zero-order valence-corrected chi connectivity index (χ0v) is 19.0. The molecule has 4 nitrogen and oxygen atoms in total. The van der Waals surface area contributed by atoms with Gasteiger partial charge in [-0.15, -0.1) is 0 Å². The van der Waals surface area contributed by atoms with Gasteiger partial charge in [0, 0.05) is 31.5 Å². The minimum absolute atomic E-state index is 0.306. The Bertz CT molecular complexity index is 823. The van der Waals surface area contributed by atoms with E-state index < -0.39 is 0 Å². The van der Waals surface area contributed by atoms with Gasteiger partial charge in [0.15, 0.2) is 0 Å². The smallest absolute Gasteiger partial charge is 0.227 e. The fourth-order valence-corrected chi connectivity index (χ4v) is 5.29. The molecule has 1 saturated heterocycles. The van der Waals surface area contributed by atoms with Crippen LogP contribution in [0.25, 0.3) is 0 Å². The fourth-order valence-electron chi connectivity index (χ4n) is 5.29. The van der Waals surface area contributed by atoms with Crippen molar-refractivity contribution in [2.75, 3.05) is 26.2 Å². The molecule has 4 rings (SSSR count). The molecule has 0 bridgehead atoms. The average Bonchev–Trinajstić information content (AvgIpc) is 3.33. The lowest BCUT2D eigenvalue weighted by Gasteiger charge is -2.37. The van der Waals surface area contributed by atoms with E-state index in [1.54, 1.807) is 12.4 Å². The lowest BCUT2D eigenvalue weighted by Crippen LogP contribution is -2.45. The highest BCUT2D eigenvalue weighted by Gasteiger charge is 2.30. The topological polar surface area (TPSA) is 36.4 Å². The molecule has 0 unspecified atom stereocenters. The van der Waals surface area contributed by atoms with Gasteiger partial charge in [0.1, 0.15) is 0 Å². The van der Waals surface area contributed by atoms with Crippen LogP contribution < -0.4 is 0 Å². The number of benzene rings is 1. The molecule has 2 aliphatic rings. The summed E-state index contributed by atoms with van der Waals surface area (Å²) in [4.78, 5) is 22.2. The van der Waals surface area contributed by atoms with Crippen molar-refractivity contribution in [1.82, 2.24) is 14.8 Å². The SMILES string of the molecule is Cc1ccccc1CCN1CCC(CN(C(=O)Cc2ccncc2)C2CCCC2)CC1. The molecule has 31 heavy (non-hydrogen) atoms. The quantitative estimate of drug-likeness (QED) is 0.624. The van der Waals surface area contributed by atoms with Crippen molar-refractivity contribution in [2.24, 2.45) is 5.92 Å². The van der Waals surface area contributed by atoms with E-state index in [9.17, 15) is 4.79 Å². The van der Waals surface area contributed by atoms with E-state index in [1.807, 2.05) is 12.1 Å². The summed E-state index contributed by atoms with van der Waals surface area (Å²) in [5, 5.41) is 0. The number of rotatable bonds is 8. The molecule has 1 aromatic carbocycles. The van der Waals surface area contributed by atoms with Crippen molar-refractivity contribution in [3.8, 4) is 0 Å². The Hall–Kier alpha value is -2.20. The molecule has 0 spiro atoms. The number of hydrogen-bond donors (Lipinski definition) is 0. The Balaban J connectivity index is 1.29. The van der Waals surface area contributed by atoms with Gasteiger partial charge in [-0.25, -0.2) is 0 Å². The van der Waals surface area contributed by atoms with Crippen molar-refractivity contribution in [1.29, 1.82) is 0 Å². The van der Waals surface area contributed by atoms with Gasteiger partial charge in [-0.05, 0) is 86.9 Å². The van der Waals surface area contributed by atoms with Crippen molar-refractivity contribution >= 4 is 5.91 Å². The van der Waals surface area contributed by atoms with E-state index in [0.717, 1.165) is 38.2 Å². The highest BCUT2D eigenvalue weighted by molar-refractivity contribution is 5.79. The summed E-state index contributed by atoms with van der Waals surface area (Å²) in [6.45, 7) is 6.62. The van der Waals surface area contributed by atoms with Crippen LogP contribution in [-0.2, 0) is 17.6 Å². The van der Waals surface area contributed by atoms with Crippen LogP contribution in [0.4, 0.5) is 0 Å². The van der Waals surface area contributed by atoms with E-state index in [0.29, 0.717) is 24.3 Å². The Kier molecular flexibility index (Phi) is 7.74. The summed E-state index contributed by atoms with van der Waals surface area (Å²) in [6.07, 6.45) is 12.5. The van der Waals surface area contributed by atoms with Gasteiger partial charge in [0.2, 0.25) is 5.91 Å². The normalized spacial score (nSPS) is 18.4. The average molecular weight is 420 g/mol. The molecule has 2 fully saturated rings. The van der Waals surface area contributed by atoms with E-state index in [-0.39, 0.29) is 0 Å². The second-order valence-corrected chi connectivity index (χ2v) is 9.48. The number of carbonyl (C=O) groups excluding carboxylic acids is 1. The molecule has 1 aliphatic carbocycles. The van der Waals surface area contributed by atoms with Gasteiger partial charge >= 0.3 is 0 Å². The number of nitrogens with zero attached hydrogens (tertiary/aromatic N) is 3. The lowest BCUT2D eigenvalue weighted by atomic mass is 9.94. The van der Waals surface area contributed by atoms with E-state index >= 15 is 0 Å². The monoisotopic (exact) mass is 419 g/mol. The number of aromatic nitrogens is 1. The third-order valence-corrected chi connectivity index (χ3v) is 7.31. The number of likely N-dealkylation sites (tertiary alicyclic amines) is 1. The number of piperidine rings is 1. The van der Waals surface area contributed by atoms with Crippen LogP contribution in [0.5, 0.6) is 0 Å². The van der Waals surface area contributed by atoms with Gasteiger partial charge in [-0.2, -0.15) is 0 Å². The maximum absolute atomic E-state index is 13.2. The number of pyridine rings is 1. The second kappa shape index (κ2) is 10.9. The van der Waals surface area contributed by atoms with Crippen molar-refractivity contribution < 1.29 is 4.79 Å². The van der Waals surface area contributed by atoms with Crippen molar-refractivity contribution in [3.05, 3.63) is 65.5 Å². The molecular weight excluding hydrogens is 382 g/mol. The molecule has 1 aromatic heterocycles. The van der Waals surface area contributed by atoms with Crippen LogP contribution in [0.2, 0.25) is 0 Å². The molecule has 4 heteroatoms. The lowest BCUT2D eigenvalue weighted by molar-refractivity contribution is -0.133. The minimum atomic E-state index is 0.306. The standard InChI is InChI=1S/C27H37N3O/c1-22-6-2-3-7-25(22)14-19-29-17-12-24(13-18-29)21-30(26-8-4-5-9-26)27(31)20-23-10-15-28-16-11-23/h2-3,6-7,10-11,15-16,24,26H,4-5,8-9,12-14,17-21H2,1H3. The van der Waals surface area contributed by atoms with Crippen LogP contribution in [0.1, 0.15) is 55.2 Å². The van der Waals surface area contributed by atoms with E-state index in [1.165, 1.54) is 49.7 Å². The third kappa shape index (κ3) is 6.16. The molecule has 1 saturated carbocycles. The summed E-state index contributed by atoms with van der Waals surface area (Å²) in [6, 6.07) is 13.1. The number of carbonyl (C=O) groups is 1. The molecule has 0 radical (unpaired) electrons. The maximum atomic E-state index is 13.2. The summed E-state index contributed by atoms with van der Waals surface area (Å²) in [7, 11) is 0. The molecular formula is C27H37N3O. The first-order valence-corrected chi connectivity index (χ1v) is 12.1. The molecule has 0 atom stereocenters. The first-order chi connectivity index (χ1) is 15.2. The van der Waals surface area contributed by atoms with Crippen LogP contribution in [-0.4, -0.2) is 52.9 Å². The molecule has 2 aromatic rings. The van der Waals surface area contributed by atoms with Gasteiger partial charge in [-0.3, -0.25) is 9.78 Å². The van der Waals surface area contributed by atoms with Crippen LogP contribution in [0.15, 0.2) is 48.8 Å². The van der Waals surface area contributed by atoms with E-state index in [2.05, 4.69) is 46.0 Å². The maximum Gasteiger partial charge on any atom is 0.227 e. The summed E-state index contributed by atoms with van der Waals surface area (Å²) < 4.78 is 0. The molecule has 1 aliphatic heterocycles. The van der Waals surface area contributed by atoms with Crippen molar-refractivity contribution in [3.63, 3.8) is 0 Å². The number of amides is 1. The van der Waals surface area contributed by atoms with Gasteiger partial charge in [-0.1, -0.05) is 37.1 Å². The van der Waals surface area contributed by atoms with Crippen LogP contribution in [0.3, 0.4) is 0 Å². The summed E-state index contributed by atoms with van der Waals surface area (Å²) in [5.41, 5.74) is 3.95. The second-order valence-electron chi connectivity index (χ2n) is 9.48. The Morgan fingerprint density at radius 1 is 1.03 bits per heavy atom. The summed E-state index contributed by atoms with van der Waals surface area (Å²) >= 11 is 0. The molecule has 2 heterocycles. The molecule has 166 valence electrons. The number of aryl methyl sites for hydroxylation is 1. The Labute approximate surface area is 187 Å². The zero-order chi connectivity index (χ0) is 21.5. The molecule has 0 N–H and O–H groups in total. The first kappa shape index (κ1) is 22.0. The van der Waals surface area contributed by atoms with Gasteiger partial charge < -0.3 is 9.80 Å². The Morgan fingerprint density at radius 2 is 1.74 bits per heavy atom. The minimum Gasteiger partial charge on any atom is -0.339 e. The van der Waals surface area contributed by atoms with Gasteiger partial charge in [0.25, 0.3) is 0 Å². The van der Waals surface area contributed by atoms with Crippen LogP contribution >= 0.6 is 0 Å². The van der Waals surface area contributed by atoms with Crippen molar-refractivity contribution in [2.45, 2.75) is 64.3 Å². The molecule has 1 amide bonds. The zero-order valence-electron chi connectivity index (χ0n) is 19.0. The fraction of sp³-hybridized carbons (Fsp3) is 0.556. The highest BCUT2D eigenvalue weighted by Crippen LogP contribution is 2.27. The summed E-state index contributed by atoms with van der Waals surface area (Å²) in [5.74, 6) is 0.941. The highest BCUT2D eigenvalue weighted by atomic mass is 16.2. The largest absolute Gasteiger partial charge is 0.339 e. The van der Waals surface area contributed by atoms with Gasteiger partial charge in [0.05, 0.1) is 6.42 Å². The first-order valence-electron chi connectivity index (χ1n) is 12.1. The predicted octanol–water partition coefficient (Wildman–Crippen LogP) is 4.66. The number of hydrogen-bond acceptors (Lipinski definition) is 3.